The molecule has 1 saturated heterocycles. The summed E-state index contributed by atoms with van der Waals surface area (Å²) in [5.74, 6) is 3.38. The average Bonchev–Trinajstić information content (AvgIpc) is 2.89. The minimum absolute atomic E-state index is 0.0905. The molecule has 1 aliphatic heterocycles. The first-order valence-corrected chi connectivity index (χ1v) is 9.89. The number of ether oxygens (including phenoxy) is 1. The summed E-state index contributed by atoms with van der Waals surface area (Å²) >= 11 is 0. The lowest BCUT2D eigenvalue weighted by atomic mass is 9.50. The summed E-state index contributed by atoms with van der Waals surface area (Å²) in [5, 5.41) is 12.7. The van der Waals surface area contributed by atoms with E-state index in [-0.39, 0.29) is 18.2 Å². The third-order valence-corrected chi connectivity index (χ3v) is 7.04. The smallest absolute Gasteiger partial charge is 0.407 e. The predicted molar refractivity (Wildman–Crippen MR) is 92.2 cm³/mol. The largest absolute Gasteiger partial charge is 0.465 e. The highest BCUT2D eigenvalue weighted by Crippen LogP contribution is 2.58. The predicted octanol–water partition coefficient (Wildman–Crippen LogP) is 3.31. The minimum Gasteiger partial charge on any atom is -0.465 e. The van der Waals surface area contributed by atoms with Gasteiger partial charge in [0.1, 0.15) is 0 Å². The molecule has 25 heavy (non-hydrogen) atoms. The topological polar surface area (TPSA) is 78.9 Å². The lowest BCUT2D eigenvalue weighted by Gasteiger charge is -2.57. The summed E-state index contributed by atoms with van der Waals surface area (Å²) in [6.07, 6.45) is 5.66. The second kappa shape index (κ2) is 6.36. The number of carbonyl (C=O) groups is 2. The van der Waals surface area contributed by atoms with Crippen molar-refractivity contribution in [1.82, 2.24) is 10.2 Å². The van der Waals surface area contributed by atoms with Crippen molar-refractivity contribution in [2.24, 2.45) is 29.6 Å². The number of hydrogen-bond donors (Lipinski definition) is 2. The molecule has 2 atom stereocenters. The molecule has 4 bridgehead atoms. The summed E-state index contributed by atoms with van der Waals surface area (Å²) in [6, 6.07) is -0.211. The van der Waals surface area contributed by atoms with E-state index in [1.807, 2.05) is 13.8 Å². The first kappa shape index (κ1) is 17.0. The van der Waals surface area contributed by atoms with Crippen LogP contribution < -0.4 is 5.32 Å². The van der Waals surface area contributed by atoms with Gasteiger partial charge in [-0.1, -0.05) is 0 Å². The van der Waals surface area contributed by atoms with E-state index in [0.717, 1.165) is 11.8 Å². The normalized spacial score (nSPS) is 42.0. The van der Waals surface area contributed by atoms with Crippen LogP contribution in [0.15, 0.2) is 0 Å². The van der Waals surface area contributed by atoms with Gasteiger partial charge in [0, 0.05) is 6.54 Å². The summed E-state index contributed by atoms with van der Waals surface area (Å²) in [7, 11) is 0. The maximum atomic E-state index is 12.1. The van der Waals surface area contributed by atoms with Crippen molar-refractivity contribution in [3.63, 3.8) is 0 Å². The molecule has 0 spiro atoms. The number of alkyl carbamates (subject to hydrolysis) is 1. The van der Waals surface area contributed by atoms with Crippen molar-refractivity contribution < 1.29 is 19.4 Å². The Morgan fingerprint density at radius 1 is 1.08 bits per heavy atom. The summed E-state index contributed by atoms with van der Waals surface area (Å²) in [4.78, 5) is 25.6. The molecule has 6 nitrogen and oxygen atoms in total. The van der Waals surface area contributed by atoms with Gasteiger partial charge >= 0.3 is 12.2 Å². The third kappa shape index (κ3) is 3.08. The SMILES string of the molecule is CC(C)OC(=O)NC1CCN(C(=O)O)[C@@H]1C1C2CC3CC(C2)CC1C3. The van der Waals surface area contributed by atoms with Crippen LogP contribution in [0.1, 0.15) is 52.4 Å². The molecule has 0 radical (unpaired) electrons. The van der Waals surface area contributed by atoms with Gasteiger partial charge in [0.2, 0.25) is 0 Å². The monoisotopic (exact) mass is 350 g/mol. The van der Waals surface area contributed by atoms with Crippen LogP contribution in [0.25, 0.3) is 0 Å². The van der Waals surface area contributed by atoms with Crippen molar-refractivity contribution in [1.29, 1.82) is 0 Å². The second-order valence-electron chi connectivity index (χ2n) is 8.97. The van der Waals surface area contributed by atoms with Gasteiger partial charge in [-0.15, -0.1) is 0 Å². The Hall–Kier alpha value is -1.46. The Morgan fingerprint density at radius 2 is 1.68 bits per heavy atom. The first-order chi connectivity index (χ1) is 11.9. The quantitative estimate of drug-likeness (QED) is 0.818. The average molecular weight is 350 g/mol. The molecule has 4 aliphatic carbocycles. The molecule has 0 aromatic rings. The van der Waals surface area contributed by atoms with Gasteiger partial charge in [0.15, 0.2) is 0 Å². The van der Waals surface area contributed by atoms with Crippen molar-refractivity contribution in [3.8, 4) is 0 Å². The lowest BCUT2D eigenvalue weighted by Crippen LogP contribution is -2.58. The molecular weight excluding hydrogens is 320 g/mol. The third-order valence-electron chi connectivity index (χ3n) is 7.04. The van der Waals surface area contributed by atoms with Gasteiger partial charge in [-0.25, -0.2) is 9.59 Å². The Labute approximate surface area is 149 Å². The number of nitrogens with one attached hydrogen (secondary N) is 1. The highest BCUT2D eigenvalue weighted by molar-refractivity contribution is 5.69. The van der Waals surface area contributed by atoms with Crippen LogP contribution in [-0.2, 0) is 4.74 Å². The van der Waals surface area contributed by atoms with Gasteiger partial charge in [-0.2, -0.15) is 0 Å². The Balaban J connectivity index is 1.54. The fraction of sp³-hybridized carbons (Fsp3) is 0.895. The number of rotatable bonds is 3. The number of carbonyl (C=O) groups excluding carboxylic acids is 1. The first-order valence-electron chi connectivity index (χ1n) is 9.89. The maximum Gasteiger partial charge on any atom is 0.407 e. The number of amides is 2. The van der Waals surface area contributed by atoms with Gasteiger partial charge in [-0.05, 0) is 82.0 Å². The van der Waals surface area contributed by atoms with E-state index in [9.17, 15) is 14.7 Å². The summed E-state index contributed by atoms with van der Waals surface area (Å²) in [6.45, 7) is 4.16. The van der Waals surface area contributed by atoms with Gasteiger partial charge in [0.25, 0.3) is 0 Å². The van der Waals surface area contributed by atoms with E-state index in [4.69, 9.17) is 4.74 Å². The van der Waals surface area contributed by atoms with Crippen molar-refractivity contribution in [2.75, 3.05) is 6.54 Å². The minimum atomic E-state index is -0.847. The Bertz CT molecular complexity index is 522. The van der Waals surface area contributed by atoms with Gasteiger partial charge in [-0.3, -0.25) is 0 Å². The maximum absolute atomic E-state index is 12.1. The highest BCUT2D eigenvalue weighted by atomic mass is 16.6. The van der Waals surface area contributed by atoms with E-state index in [2.05, 4.69) is 5.32 Å². The molecule has 4 saturated carbocycles. The molecule has 6 heteroatoms. The van der Waals surface area contributed by atoms with Crippen LogP contribution in [-0.4, -0.2) is 46.9 Å². The van der Waals surface area contributed by atoms with Gasteiger partial charge < -0.3 is 20.1 Å². The van der Waals surface area contributed by atoms with Crippen LogP contribution in [0.3, 0.4) is 0 Å². The van der Waals surface area contributed by atoms with E-state index in [1.165, 1.54) is 32.1 Å². The molecule has 2 N–H and O–H groups in total. The fourth-order valence-corrected chi connectivity index (χ4v) is 6.60. The molecule has 5 rings (SSSR count). The number of hydrogen-bond acceptors (Lipinski definition) is 3. The van der Waals surface area contributed by atoms with E-state index >= 15 is 0 Å². The molecule has 5 aliphatic rings. The standard InChI is InChI=1S/C19H30N2O4/c1-10(2)25-18(22)20-15-3-4-21(19(23)24)17(15)16-13-6-11-5-12(8-13)9-14(16)7-11/h10-17H,3-9H2,1-2H3,(H,20,22)(H,23,24)/t11?,12?,13?,14?,15?,16?,17-/m0/s1. The Kier molecular flexibility index (Phi) is 4.32. The molecule has 0 aromatic carbocycles. The summed E-state index contributed by atoms with van der Waals surface area (Å²) < 4.78 is 5.25. The van der Waals surface area contributed by atoms with E-state index in [1.54, 1.807) is 4.90 Å². The number of nitrogens with zero attached hydrogens (tertiary/aromatic N) is 1. The molecule has 1 heterocycles. The molecule has 1 unspecified atom stereocenters. The van der Waals surface area contributed by atoms with Crippen LogP contribution in [0.4, 0.5) is 9.59 Å². The van der Waals surface area contributed by atoms with E-state index in [0.29, 0.717) is 30.7 Å². The van der Waals surface area contributed by atoms with E-state index < -0.39 is 12.2 Å². The summed E-state index contributed by atoms with van der Waals surface area (Å²) in [5.41, 5.74) is 0. The molecular formula is C19H30N2O4. The zero-order valence-electron chi connectivity index (χ0n) is 15.2. The van der Waals surface area contributed by atoms with Crippen LogP contribution in [0, 0.1) is 29.6 Å². The Morgan fingerprint density at radius 3 is 2.20 bits per heavy atom. The number of likely N-dealkylation sites (tertiary alicyclic amines) is 1. The van der Waals surface area contributed by atoms with Crippen LogP contribution in [0.5, 0.6) is 0 Å². The van der Waals surface area contributed by atoms with Crippen molar-refractivity contribution in [2.45, 2.75) is 70.6 Å². The van der Waals surface area contributed by atoms with Crippen molar-refractivity contribution >= 4 is 12.2 Å². The molecule has 0 aromatic heterocycles. The molecule has 5 fully saturated rings. The lowest BCUT2D eigenvalue weighted by molar-refractivity contribution is -0.0675. The number of carboxylic acid groups (broad SMARTS) is 1. The highest BCUT2D eigenvalue weighted by Gasteiger charge is 2.55. The molecule has 140 valence electrons. The van der Waals surface area contributed by atoms with Crippen molar-refractivity contribution in [3.05, 3.63) is 0 Å². The zero-order chi connectivity index (χ0) is 17.7. The van der Waals surface area contributed by atoms with Crippen LogP contribution >= 0.6 is 0 Å². The zero-order valence-corrected chi connectivity index (χ0v) is 15.2. The van der Waals surface area contributed by atoms with Gasteiger partial charge in [0.05, 0.1) is 18.2 Å². The molecule has 2 amide bonds. The fourth-order valence-electron chi connectivity index (χ4n) is 6.60. The van der Waals surface area contributed by atoms with Crippen LogP contribution in [0.2, 0.25) is 0 Å². The second-order valence-corrected chi connectivity index (χ2v) is 8.97.